The first-order valence-corrected chi connectivity index (χ1v) is 4.90. The van der Waals surface area contributed by atoms with E-state index in [1.54, 1.807) is 31.2 Å². The molecule has 4 heteroatoms. The van der Waals surface area contributed by atoms with Crippen molar-refractivity contribution in [3.8, 4) is 0 Å². The topological polar surface area (TPSA) is 57.6 Å². The number of carbonyl (C=O) groups is 2. The summed E-state index contributed by atoms with van der Waals surface area (Å²) in [4.78, 5) is 24.4. The maximum atomic E-state index is 11.7. The van der Waals surface area contributed by atoms with Crippen molar-refractivity contribution in [2.75, 3.05) is 4.90 Å². The third kappa shape index (κ3) is 1.63. The van der Waals surface area contributed by atoms with Crippen LogP contribution in [-0.4, -0.2) is 16.9 Å². The molecule has 0 aromatic heterocycles. The first-order valence-electron chi connectivity index (χ1n) is 4.90. The molecule has 16 heavy (non-hydrogen) atoms. The molecule has 0 bridgehead atoms. The molecule has 1 N–H and O–H groups in total. The van der Waals surface area contributed by atoms with Gasteiger partial charge in [-0.15, -0.1) is 0 Å². The highest BCUT2D eigenvalue weighted by Crippen LogP contribution is 2.23. The third-order valence-corrected chi connectivity index (χ3v) is 2.45. The SMILES string of the molecule is CC1=CC(=O)N(c2cccc(CO)c2)C1=O. The lowest BCUT2D eigenvalue weighted by molar-refractivity contribution is -0.120. The molecule has 0 atom stereocenters. The van der Waals surface area contributed by atoms with Crippen molar-refractivity contribution in [1.82, 2.24) is 0 Å². The van der Waals surface area contributed by atoms with Crippen LogP contribution in [-0.2, 0) is 16.2 Å². The average molecular weight is 217 g/mol. The molecule has 1 aromatic carbocycles. The number of amides is 2. The molecule has 4 nitrogen and oxygen atoms in total. The molecule has 0 spiro atoms. The largest absolute Gasteiger partial charge is 0.392 e. The summed E-state index contributed by atoms with van der Waals surface area (Å²) in [7, 11) is 0. The van der Waals surface area contributed by atoms with Crippen molar-refractivity contribution in [1.29, 1.82) is 0 Å². The Hall–Kier alpha value is -1.94. The lowest BCUT2D eigenvalue weighted by atomic mass is 10.2. The van der Waals surface area contributed by atoms with Crippen LogP contribution in [0.4, 0.5) is 5.69 Å². The first kappa shape index (κ1) is 10.6. The van der Waals surface area contributed by atoms with Crippen molar-refractivity contribution in [2.45, 2.75) is 13.5 Å². The normalized spacial score (nSPS) is 15.6. The van der Waals surface area contributed by atoms with Crippen molar-refractivity contribution < 1.29 is 14.7 Å². The van der Waals surface area contributed by atoms with Crippen LogP contribution in [0, 0.1) is 0 Å². The number of nitrogens with zero attached hydrogens (tertiary/aromatic N) is 1. The first-order chi connectivity index (χ1) is 7.63. The predicted molar refractivity (Wildman–Crippen MR) is 58.6 cm³/mol. The summed E-state index contributed by atoms with van der Waals surface area (Å²) in [5.74, 6) is -0.641. The average Bonchev–Trinajstić information content (AvgIpc) is 2.53. The van der Waals surface area contributed by atoms with Gasteiger partial charge in [0.05, 0.1) is 12.3 Å². The van der Waals surface area contributed by atoms with Gasteiger partial charge in [-0.1, -0.05) is 12.1 Å². The number of carbonyl (C=O) groups excluding carboxylic acids is 2. The van der Waals surface area contributed by atoms with Gasteiger partial charge in [0.15, 0.2) is 0 Å². The van der Waals surface area contributed by atoms with Crippen LogP contribution in [0.15, 0.2) is 35.9 Å². The van der Waals surface area contributed by atoms with Crippen LogP contribution in [0.5, 0.6) is 0 Å². The second kappa shape index (κ2) is 3.90. The standard InChI is InChI=1S/C12H11NO3/c1-8-5-11(15)13(12(8)16)10-4-2-3-9(6-10)7-14/h2-6,14H,7H2,1H3. The van der Waals surface area contributed by atoms with Gasteiger partial charge in [-0.2, -0.15) is 0 Å². The summed E-state index contributed by atoms with van der Waals surface area (Å²) in [6.45, 7) is 1.49. The molecule has 1 aliphatic rings. The Morgan fingerprint density at radius 3 is 2.62 bits per heavy atom. The number of benzene rings is 1. The minimum Gasteiger partial charge on any atom is -0.392 e. The molecule has 2 amide bonds. The van der Waals surface area contributed by atoms with E-state index in [-0.39, 0.29) is 18.4 Å². The van der Waals surface area contributed by atoms with Crippen molar-refractivity contribution in [3.63, 3.8) is 0 Å². The number of hydrogen-bond acceptors (Lipinski definition) is 3. The Morgan fingerprint density at radius 2 is 2.06 bits per heavy atom. The number of hydrogen-bond donors (Lipinski definition) is 1. The maximum absolute atomic E-state index is 11.7. The molecule has 0 fully saturated rings. The minimum absolute atomic E-state index is 0.115. The second-order valence-electron chi connectivity index (χ2n) is 3.63. The van der Waals surface area contributed by atoms with Crippen molar-refractivity contribution in [2.24, 2.45) is 0 Å². The third-order valence-electron chi connectivity index (χ3n) is 2.45. The van der Waals surface area contributed by atoms with Crippen molar-refractivity contribution in [3.05, 3.63) is 41.5 Å². The van der Waals surface area contributed by atoms with Crippen LogP contribution in [0.2, 0.25) is 0 Å². The number of aliphatic hydroxyl groups excluding tert-OH is 1. The molecule has 0 radical (unpaired) electrons. The molecule has 0 saturated heterocycles. The Labute approximate surface area is 92.8 Å². The molecule has 1 aromatic rings. The van der Waals surface area contributed by atoms with Crippen LogP contribution in [0.3, 0.4) is 0 Å². The zero-order chi connectivity index (χ0) is 11.7. The summed E-state index contributed by atoms with van der Waals surface area (Å²) in [6.07, 6.45) is 1.31. The van der Waals surface area contributed by atoms with Gasteiger partial charge in [0.1, 0.15) is 0 Å². The summed E-state index contributed by atoms with van der Waals surface area (Å²) < 4.78 is 0. The van der Waals surface area contributed by atoms with Crippen LogP contribution >= 0.6 is 0 Å². The molecule has 0 aliphatic carbocycles. The lowest BCUT2D eigenvalue weighted by Gasteiger charge is -2.14. The van der Waals surface area contributed by atoms with Crippen LogP contribution < -0.4 is 4.90 Å². The van der Waals surface area contributed by atoms with Gasteiger partial charge >= 0.3 is 0 Å². The maximum Gasteiger partial charge on any atom is 0.261 e. The number of anilines is 1. The van der Waals surface area contributed by atoms with Crippen LogP contribution in [0.25, 0.3) is 0 Å². The quantitative estimate of drug-likeness (QED) is 0.752. The van der Waals surface area contributed by atoms with Gasteiger partial charge in [0.2, 0.25) is 0 Å². The minimum atomic E-state index is -0.336. The summed E-state index contributed by atoms with van der Waals surface area (Å²) in [6, 6.07) is 6.73. The van der Waals surface area contributed by atoms with E-state index in [0.717, 1.165) is 4.90 Å². The van der Waals surface area contributed by atoms with Crippen LogP contribution in [0.1, 0.15) is 12.5 Å². The monoisotopic (exact) mass is 217 g/mol. The van der Waals surface area contributed by atoms with Gasteiger partial charge in [-0.05, 0) is 24.6 Å². The summed E-state index contributed by atoms with van der Waals surface area (Å²) >= 11 is 0. The fourth-order valence-corrected chi connectivity index (χ4v) is 1.63. The second-order valence-corrected chi connectivity index (χ2v) is 3.63. The molecule has 1 heterocycles. The number of rotatable bonds is 2. The van der Waals surface area contributed by atoms with E-state index < -0.39 is 0 Å². The predicted octanol–water partition coefficient (Wildman–Crippen LogP) is 0.998. The van der Waals surface area contributed by atoms with E-state index >= 15 is 0 Å². The van der Waals surface area contributed by atoms with Gasteiger partial charge in [0, 0.05) is 11.6 Å². The number of aliphatic hydroxyl groups is 1. The molecular weight excluding hydrogens is 206 g/mol. The fraction of sp³-hybridized carbons (Fsp3) is 0.167. The summed E-state index contributed by atoms with van der Waals surface area (Å²) in [5, 5.41) is 8.99. The molecule has 0 saturated carbocycles. The van der Waals surface area contributed by atoms with E-state index in [4.69, 9.17) is 5.11 Å². The van der Waals surface area contributed by atoms with E-state index in [1.807, 2.05) is 0 Å². The molecular formula is C12H11NO3. The highest BCUT2D eigenvalue weighted by molar-refractivity contribution is 6.30. The lowest BCUT2D eigenvalue weighted by Crippen LogP contribution is -2.30. The fourth-order valence-electron chi connectivity index (χ4n) is 1.63. The van der Waals surface area contributed by atoms with Gasteiger partial charge in [-0.25, -0.2) is 4.90 Å². The van der Waals surface area contributed by atoms with Gasteiger partial charge in [0.25, 0.3) is 11.8 Å². The van der Waals surface area contributed by atoms with E-state index in [2.05, 4.69) is 0 Å². The molecule has 2 rings (SSSR count). The molecule has 0 unspecified atom stereocenters. The molecule has 1 aliphatic heterocycles. The zero-order valence-corrected chi connectivity index (χ0v) is 8.80. The number of imide groups is 1. The van der Waals surface area contributed by atoms with E-state index in [9.17, 15) is 9.59 Å². The Bertz CT molecular complexity index is 491. The van der Waals surface area contributed by atoms with E-state index in [0.29, 0.717) is 16.8 Å². The Balaban J connectivity index is 2.39. The highest BCUT2D eigenvalue weighted by atomic mass is 16.3. The van der Waals surface area contributed by atoms with Crippen molar-refractivity contribution >= 4 is 17.5 Å². The Kier molecular flexibility index (Phi) is 2.58. The zero-order valence-electron chi connectivity index (χ0n) is 8.80. The van der Waals surface area contributed by atoms with E-state index in [1.165, 1.54) is 6.08 Å². The highest BCUT2D eigenvalue weighted by Gasteiger charge is 2.29. The van der Waals surface area contributed by atoms with Gasteiger partial charge in [-0.3, -0.25) is 9.59 Å². The Morgan fingerprint density at radius 1 is 1.31 bits per heavy atom. The molecule has 82 valence electrons. The smallest absolute Gasteiger partial charge is 0.261 e. The van der Waals surface area contributed by atoms with Gasteiger partial charge < -0.3 is 5.11 Å². The summed E-state index contributed by atoms with van der Waals surface area (Å²) in [5.41, 5.74) is 1.59.